The van der Waals surface area contributed by atoms with Crippen LogP contribution < -0.4 is 5.32 Å². The number of nitrogens with one attached hydrogen (secondary N) is 1. The third-order valence-corrected chi connectivity index (χ3v) is 5.01. The lowest BCUT2D eigenvalue weighted by atomic mass is 9.82. The molecular weight excluding hydrogens is 282 g/mol. The lowest BCUT2D eigenvalue weighted by molar-refractivity contribution is 0.341. The fraction of sp³-hybridized carbons (Fsp3) is 0.500. The van der Waals surface area contributed by atoms with Gasteiger partial charge in [0.05, 0.1) is 0 Å². The van der Waals surface area contributed by atoms with Crippen LogP contribution in [-0.4, -0.2) is 20.5 Å². The van der Waals surface area contributed by atoms with Crippen molar-refractivity contribution in [3.05, 3.63) is 40.7 Å². The van der Waals surface area contributed by atoms with E-state index in [0.29, 0.717) is 17.7 Å². The number of rotatable bonds is 4. The fourth-order valence-corrected chi connectivity index (χ4v) is 3.62. The minimum absolute atomic E-state index is 0.349. The molecule has 0 bridgehead atoms. The van der Waals surface area contributed by atoms with Crippen LogP contribution in [0, 0.1) is 6.92 Å². The van der Waals surface area contributed by atoms with E-state index >= 15 is 0 Å². The number of benzene rings is 1. The standard InChI is InChI=1S/C16H21N3OS/c1-11-18-16(21-19-11)10-17-14-6-2-12(3-7-14)13-4-8-15(20)9-5-13/h4-5,8-9,12,14,17,20H,2-3,6-7,10H2,1H3. The summed E-state index contributed by atoms with van der Waals surface area (Å²) in [4.78, 5) is 4.39. The first kappa shape index (κ1) is 14.5. The Kier molecular flexibility index (Phi) is 4.51. The summed E-state index contributed by atoms with van der Waals surface area (Å²) in [5.74, 6) is 1.85. The molecule has 1 aromatic carbocycles. The lowest BCUT2D eigenvalue weighted by Gasteiger charge is -2.29. The average molecular weight is 303 g/mol. The molecule has 1 aromatic heterocycles. The van der Waals surface area contributed by atoms with Gasteiger partial charge in [-0.25, -0.2) is 4.98 Å². The molecule has 4 nitrogen and oxygen atoms in total. The van der Waals surface area contributed by atoms with Gasteiger partial charge in [-0.15, -0.1) is 0 Å². The topological polar surface area (TPSA) is 58.0 Å². The van der Waals surface area contributed by atoms with Gasteiger partial charge in [-0.05, 0) is 67.8 Å². The number of phenolic OH excluding ortho intramolecular Hbond substituents is 1. The van der Waals surface area contributed by atoms with Crippen molar-refractivity contribution in [1.82, 2.24) is 14.7 Å². The highest BCUT2D eigenvalue weighted by atomic mass is 32.1. The molecule has 2 N–H and O–H groups in total. The van der Waals surface area contributed by atoms with Crippen molar-refractivity contribution in [3.63, 3.8) is 0 Å². The molecule has 1 saturated carbocycles. The van der Waals surface area contributed by atoms with Gasteiger partial charge in [-0.2, -0.15) is 4.37 Å². The quantitative estimate of drug-likeness (QED) is 0.909. The molecule has 3 rings (SSSR count). The van der Waals surface area contributed by atoms with E-state index < -0.39 is 0 Å². The molecule has 0 spiro atoms. The molecule has 1 fully saturated rings. The summed E-state index contributed by atoms with van der Waals surface area (Å²) in [6.07, 6.45) is 4.81. The minimum Gasteiger partial charge on any atom is -0.508 e. The molecule has 1 aliphatic rings. The van der Waals surface area contributed by atoms with E-state index in [2.05, 4.69) is 26.8 Å². The first-order chi connectivity index (χ1) is 10.2. The molecular formula is C16H21N3OS. The van der Waals surface area contributed by atoms with Crippen LogP contribution in [0.5, 0.6) is 5.75 Å². The molecule has 1 aliphatic carbocycles. The van der Waals surface area contributed by atoms with Crippen molar-refractivity contribution >= 4 is 11.5 Å². The maximum atomic E-state index is 9.36. The van der Waals surface area contributed by atoms with Gasteiger partial charge >= 0.3 is 0 Å². The molecule has 0 unspecified atom stereocenters. The summed E-state index contributed by atoms with van der Waals surface area (Å²) in [6.45, 7) is 2.77. The van der Waals surface area contributed by atoms with Crippen LogP contribution in [0.1, 0.15) is 48.0 Å². The molecule has 112 valence electrons. The van der Waals surface area contributed by atoms with Crippen LogP contribution in [0.3, 0.4) is 0 Å². The lowest BCUT2D eigenvalue weighted by Crippen LogP contribution is -2.32. The number of nitrogens with zero attached hydrogens (tertiary/aromatic N) is 2. The highest BCUT2D eigenvalue weighted by molar-refractivity contribution is 7.05. The maximum absolute atomic E-state index is 9.36. The van der Waals surface area contributed by atoms with Gasteiger partial charge in [0.25, 0.3) is 0 Å². The third-order valence-electron chi connectivity index (χ3n) is 4.20. The Bertz CT molecular complexity index is 573. The zero-order valence-corrected chi connectivity index (χ0v) is 13.1. The molecule has 0 saturated heterocycles. The van der Waals surface area contributed by atoms with Crippen LogP contribution in [0.15, 0.2) is 24.3 Å². The van der Waals surface area contributed by atoms with Crippen molar-refractivity contribution in [2.75, 3.05) is 0 Å². The van der Waals surface area contributed by atoms with Crippen molar-refractivity contribution < 1.29 is 5.11 Å². The number of hydrogen-bond acceptors (Lipinski definition) is 5. The smallest absolute Gasteiger partial charge is 0.139 e. The molecule has 0 atom stereocenters. The summed E-state index contributed by atoms with van der Waals surface area (Å²) in [5, 5.41) is 14.0. The van der Waals surface area contributed by atoms with Crippen LogP contribution in [0.25, 0.3) is 0 Å². The summed E-state index contributed by atoms with van der Waals surface area (Å²) in [7, 11) is 0. The average Bonchev–Trinajstić information content (AvgIpc) is 2.92. The Morgan fingerprint density at radius 1 is 1.19 bits per heavy atom. The molecule has 0 amide bonds. The van der Waals surface area contributed by atoms with Crippen molar-refractivity contribution in [1.29, 1.82) is 0 Å². The van der Waals surface area contributed by atoms with Crippen LogP contribution in [-0.2, 0) is 6.54 Å². The van der Waals surface area contributed by atoms with E-state index in [1.807, 2.05) is 6.92 Å². The zero-order valence-electron chi connectivity index (χ0n) is 12.2. The Morgan fingerprint density at radius 3 is 2.52 bits per heavy atom. The van der Waals surface area contributed by atoms with Crippen LogP contribution >= 0.6 is 11.5 Å². The van der Waals surface area contributed by atoms with Gasteiger partial charge in [0.15, 0.2) is 0 Å². The van der Waals surface area contributed by atoms with E-state index in [4.69, 9.17) is 0 Å². The van der Waals surface area contributed by atoms with Gasteiger partial charge in [0.1, 0.15) is 16.6 Å². The highest BCUT2D eigenvalue weighted by Crippen LogP contribution is 2.33. The van der Waals surface area contributed by atoms with E-state index in [0.717, 1.165) is 17.4 Å². The molecule has 0 radical (unpaired) electrons. The van der Waals surface area contributed by atoms with Crippen LogP contribution in [0.4, 0.5) is 0 Å². The van der Waals surface area contributed by atoms with Gasteiger partial charge in [-0.3, -0.25) is 0 Å². The van der Waals surface area contributed by atoms with Gasteiger partial charge in [0.2, 0.25) is 0 Å². The number of phenols is 1. The summed E-state index contributed by atoms with van der Waals surface area (Å²) in [5.41, 5.74) is 1.35. The third kappa shape index (κ3) is 3.80. The Balaban J connectivity index is 1.47. The Hall–Kier alpha value is -1.46. The number of aromatic nitrogens is 2. The monoisotopic (exact) mass is 303 g/mol. The van der Waals surface area contributed by atoms with E-state index in [1.165, 1.54) is 42.8 Å². The van der Waals surface area contributed by atoms with Crippen molar-refractivity contribution in [2.24, 2.45) is 0 Å². The second-order valence-corrected chi connectivity index (χ2v) is 6.59. The zero-order chi connectivity index (χ0) is 14.7. The summed E-state index contributed by atoms with van der Waals surface area (Å²) < 4.78 is 4.21. The number of aryl methyl sites for hydroxylation is 1. The number of aromatic hydroxyl groups is 1. The predicted molar refractivity (Wildman–Crippen MR) is 84.6 cm³/mol. The molecule has 2 aromatic rings. The minimum atomic E-state index is 0.349. The predicted octanol–water partition coefficient (Wildman–Crippen LogP) is 3.37. The molecule has 0 aliphatic heterocycles. The maximum Gasteiger partial charge on any atom is 0.139 e. The van der Waals surface area contributed by atoms with Crippen LogP contribution in [0.2, 0.25) is 0 Å². The molecule has 21 heavy (non-hydrogen) atoms. The normalized spacial score (nSPS) is 22.3. The number of hydrogen-bond donors (Lipinski definition) is 2. The second kappa shape index (κ2) is 6.54. The summed E-state index contributed by atoms with van der Waals surface area (Å²) >= 11 is 1.49. The first-order valence-corrected chi connectivity index (χ1v) is 8.29. The largest absolute Gasteiger partial charge is 0.508 e. The Morgan fingerprint density at radius 2 is 1.90 bits per heavy atom. The second-order valence-electron chi connectivity index (χ2n) is 5.76. The Labute approximate surface area is 129 Å². The van der Waals surface area contributed by atoms with E-state index in [1.54, 1.807) is 12.1 Å². The summed E-state index contributed by atoms with van der Waals surface area (Å²) in [6, 6.07) is 8.27. The SMILES string of the molecule is Cc1nsc(CNC2CCC(c3ccc(O)cc3)CC2)n1. The van der Waals surface area contributed by atoms with Gasteiger partial charge in [-0.1, -0.05) is 12.1 Å². The highest BCUT2D eigenvalue weighted by Gasteiger charge is 2.22. The van der Waals surface area contributed by atoms with Gasteiger partial charge in [0, 0.05) is 12.6 Å². The fourth-order valence-electron chi connectivity index (χ4n) is 3.02. The van der Waals surface area contributed by atoms with E-state index in [-0.39, 0.29) is 0 Å². The van der Waals surface area contributed by atoms with Crippen molar-refractivity contribution in [3.8, 4) is 5.75 Å². The molecule has 5 heteroatoms. The van der Waals surface area contributed by atoms with E-state index in [9.17, 15) is 5.11 Å². The van der Waals surface area contributed by atoms with Crippen molar-refractivity contribution in [2.45, 2.75) is 51.1 Å². The van der Waals surface area contributed by atoms with Gasteiger partial charge < -0.3 is 10.4 Å². The first-order valence-electron chi connectivity index (χ1n) is 7.52. The molecule has 1 heterocycles.